The number of hydrogen-bond acceptors (Lipinski definition) is 3. The lowest BCUT2D eigenvalue weighted by Gasteiger charge is -2.30. The Kier molecular flexibility index (Phi) is 5.76. The molecule has 2 aromatic rings. The molecule has 3 N–H and O–H groups in total. The molecule has 0 fully saturated rings. The first-order chi connectivity index (χ1) is 11.1. The molecule has 2 amide bonds. The summed E-state index contributed by atoms with van der Waals surface area (Å²) in [5.74, 6) is 0.484. The molecule has 0 bridgehead atoms. The highest BCUT2D eigenvalue weighted by atomic mass is 16.3. The topological polar surface area (TPSA) is 79.2 Å². The van der Waals surface area contributed by atoms with Gasteiger partial charge in [0.1, 0.15) is 0 Å². The van der Waals surface area contributed by atoms with Gasteiger partial charge in [0.15, 0.2) is 5.82 Å². The lowest BCUT2D eigenvalue weighted by Crippen LogP contribution is -2.52. The molecule has 1 aromatic heterocycles. The van der Waals surface area contributed by atoms with E-state index in [2.05, 4.69) is 15.7 Å². The number of urea groups is 1. The third-order valence-corrected chi connectivity index (χ3v) is 4.10. The fourth-order valence-electron chi connectivity index (χ4n) is 2.37. The van der Waals surface area contributed by atoms with Crippen LogP contribution < -0.4 is 10.6 Å². The minimum Gasteiger partial charge on any atom is -0.394 e. The molecular weight excluding hydrogens is 292 g/mol. The number of carbonyl (C=O) groups is 1. The van der Waals surface area contributed by atoms with Crippen LogP contribution in [0.4, 0.5) is 10.6 Å². The standard InChI is InChI=1S/C17H24N4O2/c1-3-17(4-2,13-22)19-16(23)18-15-10-11-21(20-15)12-14-8-6-5-7-9-14/h5-11,22H,3-4,12-13H2,1-2H3,(H2,18,19,20,23). The smallest absolute Gasteiger partial charge is 0.320 e. The van der Waals surface area contributed by atoms with E-state index < -0.39 is 5.54 Å². The number of benzene rings is 1. The average molecular weight is 316 g/mol. The maximum absolute atomic E-state index is 12.1. The molecule has 0 spiro atoms. The maximum Gasteiger partial charge on any atom is 0.320 e. The van der Waals surface area contributed by atoms with Gasteiger partial charge >= 0.3 is 6.03 Å². The van der Waals surface area contributed by atoms with Gasteiger partial charge in [-0.15, -0.1) is 0 Å². The summed E-state index contributed by atoms with van der Waals surface area (Å²) in [6, 6.07) is 11.4. The normalized spacial score (nSPS) is 11.3. The van der Waals surface area contributed by atoms with Crippen molar-refractivity contribution in [1.29, 1.82) is 0 Å². The molecule has 124 valence electrons. The Morgan fingerprint density at radius 2 is 1.91 bits per heavy atom. The van der Waals surface area contributed by atoms with E-state index in [1.165, 1.54) is 0 Å². The fourth-order valence-corrected chi connectivity index (χ4v) is 2.37. The zero-order valence-electron chi connectivity index (χ0n) is 13.6. The van der Waals surface area contributed by atoms with Crippen molar-refractivity contribution in [3.63, 3.8) is 0 Å². The van der Waals surface area contributed by atoms with Gasteiger partial charge in [0.2, 0.25) is 0 Å². The average Bonchev–Trinajstić information content (AvgIpc) is 3.00. The van der Waals surface area contributed by atoms with Gasteiger partial charge in [-0.3, -0.25) is 10.00 Å². The number of aliphatic hydroxyl groups is 1. The summed E-state index contributed by atoms with van der Waals surface area (Å²) in [7, 11) is 0. The molecule has 0 radical (unpaired) electrons. The molecule has 1 heterocycles. The van der Waals surface area contributed by atoms with E-state index in [9.17, 15) is 9.90 Å². The number of aliphatic hydroxyl groups excluding tert-OH is 1. The predicted octanol–water partition coefficient (Wildman–Crippen LogP) is 2.60. The van der Waals surface area contributed by atoms with Crippen LogP contribution >= 0.6 is 0 Å². The Labute approximate surface area is 136 Å². The van der Waals surface area contributed by atoms with Crippen molar-refractivity contribution in [3.8, 4) is 0 Å². The van der Waals surface area contributed by atoms with Gasteiger partial charge in [-0.1, -0.05) is 44.2 Å². The summed E-state index contributed by atoms with van der Waals surface area (Å²) in [5.41, 5.74) is 0.555. The summed E-state index contributed by atoms with van der Waals surface area (Å²) in [5, 5.41) is 19.4. The van der Waals surface area contributed by atoms with Gasteiger partial charge in [-0.25, -0.2) is 4.79 Å². The van der Waals surface area contributed by atoms with Crippen LogP contribution in [0.15, 0.2) is 42.6 Å². The number of aromatic nitrogens is 2. The monoisotopic (exact) mass is 316 g/mol. The highest BCUT2D eigenvalue weighted by molar-refractivity contribution is 5.88. The van der Waals surface area contributed by atoms with Crippen LogP contribution in [0.1, 0.15) is 32.3 Å². The van der Waals surface area contributed by atoms with Crippen LogP contribution in [0.2, 0.25) is 0 Å². The minimum absolute atomic E-state index is 0.0874. The first-order valence-corrected chi connectivity index (χ1v) is 7.88. The molecule has 0 aliphatic heterocycles. The van der Waals surface area contributed by atoms with Crippen LogP contribution in [0.3, 0.4) is 0 Å². The van der Waals surface area contributed by atoms with E-state index in [0.29, 0.717) is 25.2 Å². The number of hydrogen-bond donors (Lipinski definition) is 3. The van der Waals surface area contributed by atoms with E-state index in [0.717, 1.165) is 5.56 Å². The summed E-state index contributed by atoms with van der Waals surface area (Å²) in [6.45, 7) is 4.44. The van der Waals surface area contributed by atoms with Gasteiger partial charge in [-0.05, 0) is 18.4 Å². The van der Waals surface area contributed by atoms with E-state index in [1.807, 2.05) is 50.4 Å². The van der Waals surface area contributed by atoms with E-state index in [1.54, 1.807) is 10.7 Å². The molecule has 0 unspecified atom stereocenters. The van der Waals surface area contributed by atoms with Crippen LogP contribution in [-0.4, -0.2) is 33.1 Å². The molecule has 0 saturated heterocycles. The van der Waals surface area contributed by atoms with Crippen LogP contribution in [0.25, 0.3) is 0 Å². The van der Waals surface area contributed by atoms with Crippen molar-refractivity contribution in [3.05, 3.63) is 48.2 Å². The quantitative estimate of drug-likeness (QED) is 0.734. The largest absolute Gasteiger partial charge is 0.394 e. The highest BCUT2D eigenvalue weighted by Crippen LogP contribution is 2.14. The first kappa shape index (κ1) is 17.0. The third-order valence-electron chi connectivity index (χ3n) is 4.10. The molecule has 0 aliphatic carbocycles. The van der Waals surface area contributed by atoms with Crippen molar-refractivity contribution in [2.24, 2.45) is 0 Å². The van der Waals surface area contributed by atoms with E-state index >= 15 is 0 Å². The summed E-state index contributed by atoms with van der Waals surface area (Å²) in [6.07, 6.45) is 3.15. The molecule has 0 atom stereocenters. The lowest BCUT2D eigenvalue weighted by atomic mass is 9.94. The number of anilines is 1. The Bertz CT molecular complexity index is 612. The second-order valence-electron chi connectivity index (χ2n) is 5.61. The zero-order valence-corrected chi connectivity index (χ0v) is 13.6. The van der Waals surface area contributed by atoms with Crippen LogP contribution in [0.5, 0.6) is 0 Å². The lowest BCUT2D eigenvalue weighted by molar-refractivity contribution is 0.155. The molecule has 0 saturated carbocycles. The molecule has 6 nitrogen and oxygen atoms in total. The SMILES string of the molecule is CCC(CC)(CO)NC(=O)Nc1ccn(Cc2ccccc2)n1. The Morgan fingerprint density at radius 3 is 2.52 bits per heavy atom. The third kappa shape index (κ3) is 4.56. The number of carbonyl (C=O) groups excluding carboxylic acids is 1. The second kappa shape index (κ2) is 7.78. The van der Waals surface area contributed by atoms with Gasteiger partial charge in [0.05, 0.1) is 18.7 Å². The van der Waals surface area contributed by atoms with Gasteiger partial charge in [0, 0.05) is 12.3 Å². The zero-order chi connectivity index (χ0) is 16.7. The summed E-state index contributed by atoms with van der Waals surface area (Å²) < 4.78 is 1.77. The second-order valence-corrected chi connectivity index (χ2v) is 5.61. The van der Waals surface area contributed by atoms with Crippen molar-refractivity contribution < 1.29 is 9.90 Å². The summed E-state index contributed by atoms with van der Waals surface area (Å²) >= 11 is 0. The fraction of sp³-hybridized carbons (Fsp3) is 0.412. The van der Waals surface area contributed by atoms with Crippen molar-refractivity contribution in [1.82, 2.24) is 15.1 Å². The van der Waals surface area contributed by atoms with E-state index in [-0.39, 0.29) is 12.6 Å². The minimum atomic E-state index is -0.587. The number of nitrogens with one attached hydrogen (secondary N) is 2. The predicted molar refractivity (Wildman–Crippen MR) is 90.3 cm³/mol. The Hall–Kier alpha value is -2.34. The molecular formula is C17H24N4O2. The molecule has 1 aromatic carbocycles. The molecule has 0 aliphatic rings. The Balaban J connectivity index is 1.95. The van der Waals surface area contributed by atoms with Crippen LogP contribution in [-0.2, 0) is 6.54 Å². The van der Waals surface area contributed by atoms with Crippen LogP contribution in [0, 0.1) is 0 Å². The Morgan fingerprint density at radius 1 is 1.22 bits per heavy atom. The maximum atomic E-state index is 12.1. The van der Waals surface area contributed by atoms with Crippen molar-refractivity contribution >= 4 is 11.8 Å². The van der Waals surface area contributed by atoms with Crippen molar-refractivity contribution in [2.45, 2.75) is 38.8 Å². The molecule has 23 heavy (non-hydrogen) atoms. The van der Waals surface area contributed by atoms with Gasteiger partial charge in [0.25, 0.3) is 0 Å². The molecule has 2 rings (SSSR count). The highest BCUT2D eigenvalue weighted by Gasteiger charge is 2.27. The number of nitrogens with zero attached hydrogens (tertiary/aromatic N) is 2. The number of amides is 2. The summed E-state index contributed by atoms with van der Waals surface area (Å²) in [4.78, 5) is 12.1. The van der Waals surface area contributed by atoms with E-state index in [4.69, 9.17) is 0 Å². The van der Waals surface area contributed by atoms with Gasteiger partial charge < -0.3 is 10.4 Å². The molecule has 6 heteroatoms. The first-order valence-electron chi connectivity index (χ1n) is 7.88. The number of rotatable bonds is 7. The van der Waals surface area contributed by atoms with Crippen molar-refractivity contribution in [2.75, 3.05) is 11.9 Å². The van der Waals surface area contributed by atoms with Gasteiger partial charge in [-0.2, -0.15) is 5.10 Å².